The fourth-order valence-electron chi connectivity index (χ4n) is 1.67. The first-order valence-corrected chi connectivity index (χ1v) is 4.90. The highest BCUT2D eigenvalue weighted by molar-refractivity contribution is 5.14. The van der Waals surface area contributed by atoms with Crippen LogP contribution in [-0.4, -0.2) is 36.0 Å². The van der Waals surface area contributed by atoms with E-state index in [1.165, 1.54) is 5.56 Å². The molecule has 1 N–H and O–H groups in total. The third kappa shape index (κ3) is 2.54. The van der Waals surface area contributed by atoms with Gasteiger partial charge in [0.05, 0.1) is 6.61 Å². The Balaban J connectivity index is 1.91. The summed E-state index contributed by atoms with van der Waals surface area (Å²) in [5.74, 6) is 0. The molecule has 0 spiro atoms. The smallest absolute Gasteiger partial charge is 0.167 e. The van der Waals surface area contributed by atoms with E-state index in [0.717, 1.165) is 13.1 Å². The van der Waals surface area contributed by atoms with Crippen molar-refractivity contribution in [3.63, 3.8) is 0 Å². The summed E-state index contributed by atoms with van der Waals surface area (Å²) >= 11 is 0. The Kier molecular flexibility index (Phi) is 3.14. The summed E-state index contributed by atoms with van der Waals surface area (Å²) in [7, 11) is 0. The van der Waals surface area contributed by atoms with Crippen LogP contribution < -0.4 is 0 Å². The van der Waals surface area contributed by atoms with Gasteiger partial charge in [0.15, 0.2) is 6.29 Å². The highest BCUT2D eigenvalue weighted by atomic mass is 16.6. The van der Waals surface area contributed by atoms with E-state index in [4.69, 9.17) is 4.74 Å². The maximum atomic E-state index is 9.29. The highest BCUT2D eigenvalue weighted by Gasteiger charge is 2.17. The zero-order valence-corrected chi connectivity index (χ0v) is 8.10. The zero-order chi connectivity index (χ0) is 9.80. The van der Waals surface area contributed by atoms with Crippen LogP contribution in [0.5, 0.6) is 0 Å². The summed E-state index contributed by atoms with van der Waals surface area (Å²) in [5, 5.41) is 9.29. The minimum Gasteiger partial charge on any atom is -0.367 e. The van der Waals surface area contributed by atoms with Gasteiger partial charge < -0.3 is 9.84 Å². The number of aliphatic hydroxyl groups excluding tert-OH is 1. The highest BCUT2D eigenvalue weighted by Crippen LogP contribution is 2.08. The average Bonchev–Trinajstić information content (AvgIpc) is 2.19. The molecule has 0 bridgehead atoms. The molecule has 3 heteroatoms. The molecule has 2 rings (SSSR count). The minimum atomic E-state index is -0.618. The van der Waals surface area contributed by atoms with Crippen LogP contribution in [0.2, 0.25) is 0 Å². The molecule has 1 atom stereocenters. The topological polar surface area (TPSA) is 32.7 Å². The van der Waals surface area contributed by atoms with E-state index in [-0.39, 0.29) is 0 Å². The van der Waals surface area contributed by atoms with Crippen molar-refractivity contribution in [1.82, 2.24) is 4.90 Å². The van der Waals surface area contributed by atoms with Gasteiger partial charge in [0, 0.05) is 19.6 Å². The van der Waals surface area contributed by atoms with Crippen molar-refractivity contribution in [1.29, 1.82) is 0 Å². The molecule has 1 fully saturated rings. The molecule has 1 heterocycles. The van der Waals surface area contributed by atoms with Crippen LogP contribution in [0.3, 0.4) is 0 Å². The zero-order valence-electron chi connectivity index (χ0n) is 8.10. The summed E-state index contributed by atoms with van der Waals surface area (Å²) in [5.41, 5.74) is 1.28. The summed E-state index contributed by atoms with van der Waals surface area (Å²) in [6, 6.07) is 10.3. The molecule has 1 saturated heterocycles. The van der Waals surface area contributed by atoms with E-state index in [9.17, 15) is 5.11 Å². The number of benzene rings is 1. The van der Waals surface area contributed by atoms with Crippen molar-refractivity contribution in [2.45, 2.75) is 12.8 Å². The van der Waals surface area contributed by atoms with E-state index in [1.54, 1.807) is 0 Å². The van der Waals surface area contributed by atoms with Gasteiger partial charge in [0.2, 0.25) is 0 Å². The Hall–Kier alpha value is -0.900. The van der Waals surface area contributed by atoms with E-state index < -0.39 is 6.29 Å². The van der Waals surface area contributed by atoms with E-state index in [2.05, 4.69) is 17.0 Å². The number of hydrogen-bond donors (Lipinski definition) is 1. The van der Waals surface area contributed by atoms with E-state index in [1.807, 2.05) is 18.2 Å². The number of ether oxygens (including phenoxy) is 1. The van der Waals surface area contributed by atoms with Crippen LogP contribution >= 0.6 is 0 Å². The molecule has 0 aliphatic carbocycles. The predicted octanol–water partition coefficient (Wildman–Crippen LogP) is 0.837. The SMILES string of the molecule is O[C@@H]1CN(Cc2ccccc2)CCO1. The lowest BCUT2D eigenvalue weighted by atomic mass is 10.2. The first-order chi connectivity index (χ1) is 6.84. The van der Waals surface area contributed by atoms with Gasteiger partial charge in [-0.3, -0.25) is 4.90 Å². The number of rotatable bonds is 2. The molecular formula is C11H15NO2. The molecule has 0 aromatic heterocycles. The van der Waals surface area contributed by atoms with Crippen molar-refractivity contribution >= 4 is 0 Å². The summed E-state index contributed by atoms with van der Waals surface area (Å²) in [6.45, 7) is 3.01. The molecule has 76 valence electrons. The second kappa shape index (κ2) is 4.55. The van der Waals surface area contributed by atoms with Crippen LogP contribution in [0.1, 0.15) is 5.56 Å². The van der Waals surface area contributed by atoms with Crippen LogP contribution in [0.4, 0.5) is 0 Å². The molecule has 0 radical (unpaired) electrons. The Morgan fingerprint density at radius 3 is 2.86 bits per heavy atom. The number of morpholine rings is 1. The Morgan fingerprint density at radius 2 is 2.14 bits per heavy atom. The van der Waals surface area contributed by atoms with Crippen molar-refractivity contribution < 1.29 is 9.84 Å². The van der Waals surface area contributed by atoms with Gasteiger partial charge in [-0.05, 0) is 5.56 Å². The van der Waals surface area contributed by atoms with Crippen LogP contribution in [-0.2, 0) is 11.3 Å². The molecular weight excluding hydrogens is 178 g/mol. The third-order valence-electron chi connectivity index (χ3n) is 2.38. The van der Waals surface area contributed by atoms with Crippen LogP contribution in [0.25, 0.3) is 0 Å². The Labute approximate surface area is 83.9 Å². The number of nitrogens with zero attached hydrogens (tertiary/aromatic N) is 1. The molecule has 1 aliphatic heterocycles. The van der Waals surface area contributed by atoms with E-state index >= 15 is 0 Å². The Morgan fingerprint density at radius 1 is 1.36 bits per heavy atom. The third-order valence-corrected chi connectivity index (χ3v) is 2.38. The van der Waals surface area contributed by atoms with Gasteiger partial charge in [-0.1, -0.05) is 30.3 Å². The number of hydrogen-bond acceptors (Lipinski definition) is 3. The normalized spacial score (nSPS) is 23.6. The van der Waals surface area contributed by atoms with Gasteiger partial charge in [0.25, 0.3) is 0 Å². The maximum absolute atomic E-state index is 9.29. The quantitative estimate of drug-likeness (QED) is 0.755. The summed E-state index contributed by atoms with van der Waals surface area (Å²) in [4.78, 5) is 2.20. The predicted molar refractivity (Wildman–Crippen MR) is 53.7 cm³/mol. The van der Waals surface area contributed by atoms with Gasteiger partial charge in [-0.15, -0.1) is 0 Å². The molecule has 1 aromatic rings. The number of β-amino-alcohol motifs (C(OH)–C–C–N with tert-alkyl or cyclic N) is 1. The molecule has 14 heavy (non-hydrogen) atoms. The average molecular weight is 193 g/mol. The molecule has 3 nitrogen and oxygen atoms in total. The van der Waals surface area contributed by atoms with Gasteiger partial charge >= 0.3 is 0 Å². The molecule has 0 saturated carbocycles. The van der Waals surface area contributed by atoms with Crippen molar-refractivity contribution in [3.8, 4) is 0 Å². The van der Waals surface area contributed by atoms with Crippen molar-refractivity contribution in [2.75, 3.05) is 19.7 Å². The summed E-state index contributed by atoms with van der Waals surface area (Å²) < 4.78 is 5.06. The Bertz CT molecular complexity index is 276. The largest absolute Gasteiger partial charge is 0.367 e. The summed E-state index contributed by atoms with van der Waals surface area (Å²) in [6.07, 6.45) is -0.618. The molecule has 1 aliphatic rings. The lowest BCUT2D eigenvalue weighted by Gasteiger charge is -2.29. The van der Waals surface area contributed by atoms with E-state index in [0.29, 0.717) is 13.2 Å². The molecule has 0 amide bonds. The monoisotopic (exact) mass is 193 g/mol. The van der Waals surface area contributed by atoms with Gasteiger partial charge in [0.1, 0.15) is 0 Å². The molecule has 0 unspecified atom stereocenters. The number of aliphatic hydroxyl groups is 1. The van der Waals surface area contributed by atoms with Crippen molar-refractivity contribution in [2.24, 2.45) is 0 Å². The standard InChI is InChI=1S/C11H15NO2/c13-11-9-12(6-7-14-11)8-10-4-2-1-3-5-10/h1-5,11,13H,6-9H2/t11-/m0/s1. The van der Waals surface area contributed by atoms with Crippen molar-refractivity contribution in [3.05, 3.63) is 35.9 Å². The maximum Gasteiger partial charge on any atom is 0.167 e. The second-order valence-electron chi connectivity index (χ2n) is 3.55. The van der Waals surface area contributed by atoms with Crippen LogP contribution in [0, 0.1) is 0 Å². The molecule has 1 aromatic carbocycles. The fraction of sp³-hybridized carbons (Fsp3) is 0.455. The minimum absolute atomic E-state index is 0.606. The lowest BCUT2D eigenvalue weighted by Crippen LogP contribution is -2.41. The lowest BCUT2D eigenvalue weighted by molar-refractivity contribution is -0.147. The first-order valence-electron chi connectivity index (χ1n) is 4.90. The van der Waals surface area contributed by atoms with Gasteiger partial charge in [-0.25, -0.2) is 0 Å². The fourth-order valence-corrected chi connectivity index (χ4v) is 1.67. The van der Waals surface area contributed by atoms with Crippen LogP contribution in [0.15, 0.2) is 30.3 Å². The first kappa shape index (κ1) is 9.65. The second-order valence-corrected chi connectivity index (χ2v) is 3.55. The van der Waals surface area contributed by atoms with Gasteiger partial charge in [-0.2, -0.15) is 0 Å².